The van der Waals surface area contributed by atoms with Crippen LogP contribution in [0.1, 0.15) is 48.6 Å². The number of fused-ring (bicyclic) bond motifs is 3. The minimum atomic E-state index is -0.831. The van der Waals surface area contributed by atoms with Crippen LogP contribution in [0.3, 0.4) is 0 Å². The summed E-state index contributed by atoms with van der Waals surface area (Å²) in [6.45, 7) is 11.8. The Labute approximate surface area is 190 Å². The van der Waals surface area contributed by atoms with Crippen LogP contribution in [0.25, 0.3) is 22.3 Å². The number of aryl methyl sites for hydroxylation is 1. The molecule has 2 N–H and O–H groups in total. The molecule has 3 aromatic rings. The van der Waals surface area contributed by atoms with Crippen LogP contribution < -0.4 is 4.74 Å². The van der Waals surface area contributed by atoms with Gasteiger partial charge in [0.1, 0.15) is 12.4 Å². The Morgan fingerprint density at radius 2 is 1.53 bits per heavy atom. The van der Waals surface area contributed by atoms with Crippen molar-refractivity contribution in [2.75, 3.05) is 0 Å². The molecule has 0 saturated heterocycles. The molecule has 0 fully saturated rings. The fraction of sp³-hybridized carbons (Fsp3) is 0.321. The molecule has 1 aliphatic heterocycles. The number of hydrogen-bond donors (Lipinski definition) is 2. The van der Waals surface area contributed by atoms with Gasteiger partial charge in [0.2, 0.25) is 0 Å². The maximum absolute atomic E-state index is 11.6. The van der Waals surface area contributed by atoms with Gasteiger partial charge in [-0.3, -0.25) is 4.79 Å². The summed E-state index contributed by atoms with van der Waals surface area (Å²) in [4.78, 5) is 11.6. The third-order valence-corrected chi connectivity index (χ3v) is 5.40. The maximum atomic E-state index is 11.6. The van der Waals surface area contributed by atoms with Crippen molar-refractivity contribution in [2.24, 2.45) is 0 Å². The molecule has 1 aliphatic rings. The number of benzene rings is 3. The van der Waals surface area contributed by atoms with Crippen LogP contribution in [-0.2, 0) is 17.8 Å². The van der Waals surface area contributed by atoms with E-state index in [0.29, 0.717) is 6.61 Å². The molecule has 32 heavy (non-hydrogen) atoms. The summed E-state index contributed by atoms with van der Waals surface area (Å²) in [7, 11) is 0. The van der Waals surface area contributed by atoms with Crippen LogP contribution in [0.15, 0.2) is 48.5 Å². The van der Waals surface area contributed by atoms with E-state index in [1.165, 1.54) is 11.1 Å². The average Bonchev–Trinajstić information content (AvgIpc) is 2.71. The van der Waals surface area contributed by atoms with Crippen molar-refractivity contribution in [2.45, 2.75) is 60.2 Å². The highest BCUT2D eigenvalue weighted by Gasteiger charge is 2.27. The van der Waals surface area contributed by atoms with Crippen LogP contribution in [0, 0.1) is 20.8 Å². The lowest BCUT2D eigenvalue weighted by Gasteiger charge is -2.28. The molecule has 0 radical (unpaired) electrons. The van der Waals surface area contributed by atoms with Gasteiger partial charge in [0, 0.05) is 5.56 Å². The van der Waals surface area contributed by atoms with Crippen molar-refractivity contribution in [3.63, 3.8) is 0 Å². The maximum Gasteiger partial charge on any atom is 0.307 e. The largest absolute Gasteiger partial charge is 0.488 e. The molecule has 1 heterocycles. The molecule has 0 unspecified atom stereocenters. The number of aliphatic carboxylic acids is 1. The Kier molecular flexibility index (Phi) is 6.75. The Bertz CT molecular complexity index is 1130. The second-order valence-electron chi connectivity index (χ2n) is 9.36. The van der Waals surface area contributed by atoms with E-state index in [4.69, 9.17) is 9.84 Å². The van der Waals surface area contributed by atoms with E-state index in [1.807, 2.05) is 19.1 Å². The van der Waals surface area contributed by atoms with Gasteiger partial charge in [-0.05, 0) is 80.5 Å². The summed E-state index contributed by atoms with van der Waals surface area (Å²) in [5.41, 5.74) is 8.98. The van der Waals surface area contributed by atoms with Crippen LogP contribution in [0.4, 0.5) is 0 Å². The summed E-state index contributed by atoms with van der Waals surface area (Å²) in [5, 5.41) is 18.0. The predicted octanol–water partition coefficient (Wildman–Crippen LogP) is 6.24. The van der Waals surface area contributed by atoms with Gasteiger partial charge in [-0.1, -0.05) is 54.1 Å². The van der Waals surface area contributed by atoms with E-state index in [-0.39, 0.29) is 6.42 Å². The molecule has 4 nitrogen and oxygen atoms in total. The van der Waals surface area contributed by atoms with Crippen molar-refractivity contribution in [1.29, 1.82) is 0 Å². The quantitative estimate of drug-likeness (QED) is 0.514. The van der Waals surface area contributed by atoms with E-state index in [9.17, 15) is 9.90 Å². The Morgan fingerprint density at radius 3 is 2.12 bits per heavy atom. The summed E-state index contributed by atoms with van der Waals surface area (Å²) in [5.74, 6) is -0.0136. The van der Waals surface area contributed by atoms with E-state index in [0.717, 1.165) is 44.7 Å². The minimum Gasteiger partial charge on any atom is -0.488 e. The molecule has 4 heteroatoms. The third-order valence-electron chi connectivity index (χ3n) is 5.40. The van der Waals surface area contributed by atoms with E-state index >= 15 is 0 Å². The van der Waals surface area contributed by atoms with Gasteiger partial charge in [0.25, 0.3) is 0 Å². The molecule has 0 atom stereocenters. The van der Waals surface area contributed by atoms with Gasteiger partial charge >= 0.3 is 5.97 Å². The molecule has 168 valence electrons. The normalized spacial score (nSPS) is 12.1. The first-order chi connectivity index (χ1) is 15.0. The molecule has 4 rings (SSSR count). The Morgan fingerprint density at radius 1 is 0.938 bits per heavy atom. The third kappa shape index (κ3) is 5.20. The number of carboxylic acid groups (broad SMARTS) is 1. The number of carboxylic acids is 1. The lowest BCUT2D eigenvalue weighted by atomic mass is 9.82. The fourth-order valence-electron chi connectivity index (χ4n) is 4.06. The molecule has 0 amide bonds. The van der Waals surface area contributed by atoms with Gasteiger partial charge in [0.05, 0.1) is 12.0 Å². The molecule has 0 saturated carbocycles. The van der Waals surface area contributed by atoms with Gasteiger partial charge in [-0.2, -0.15) is 0 Å². The fourth-order valence-corrected chi connectivity index (χ4v) is 4.06. The average molecular weight is 433 g/mol. The Balaban J connectivity index is 0.000000523. The summed E-state index contributed by atoms with van der Waals surface area (Å²) >= 11 is 0. The minimum absolute atomic E-state index is 0.0197. The van der Waals surface area contributed by atoms with E-state index in [1.54, 1.807) is 20.8 Å². The highest BCUT2D eigenvalue weighted by atomic mass is 16.5. The van der Waals surface area contributed by atoms with Crippen molar-refractivity contribution in [1.82, 2.24) is 0 Å². The zero-order chi connectivity index (χ0) is 23.6. The zero-order valence-electron chi connectivity index (χ0n) is 19.7. The first-order valence-corrected chi connectivity index (χ1v) is 10.9. The number of carbonyl (C=O) groups is 1. The molecule has 0 aromatic heterocycles. The molecular weight excluding hydrogens is 400 g/mol. The lowest BCUT2D eigenvalue weighted by Crippen LogP contribution is -2.13. The topological polar surface area (TPSA) is 66.8 Å². The van der Waals surface area contributed by atoms with Crippen molar-refractivity contribution in [3.8, 4) is 28.0 Å². The van der Waals surface area contributed by atoms with Gasteiger partial charge in [0.15, 0.2) is 0 Å². The highest BCUT2D eigenvalue weighted by molar-refractivity contribution is 5.90. The van der Waals surface area contributed by atoms with Gasteiger partial charge in [-0.15, -0.1) is 0 Å². The lowest BCUT2D eigenvalue weighted by molar-refractivity contribution is -0.136. The first kappa shape index (κ1) is 23.6. The molecule has 3 aromatic carbocycles. The van der Waals surface area contributed by atoms with Crippen LogP contribution in [0.5, 0.6) is 5.75 Å². The van der Waals surface area contributed by atoms with Gasteiger partial charge in [-0.25, -0.2) is 0 Å². The first-order valence-electron chi connectivity index (χ1n) is 10.9. The SMILES string of the molecule is CC(C)(C)O.Cc1ccc(-c2c(C)c3c(c(C)c2CC(=O)O)OCc2ccccc2-3)cc1. The van der Waals surface area contributed by atoms with Crippen LogP contribution in [0.2, 0.25) is 0 Å². The van der Waals surface area contributed by atoms with Gasteiger partial charge < -0.3 is 14.9 Å². The monoisotopic (exact) mass is 432 g/mol. The summed E-state index contributed by atoms with van der Waals surface area (Å²) < 4.78 is 6.10. The molecular formula is C28H32O4. The summed E-state index contributed by atoms with van der Waals surface area (Å²) in [6, 6.07) is 16.6. The number of rotatable bonds is 3. The number of aliphatic hydroxyl groups is 1. The van der Waals surface area contributed by atoms with Crippen molar-refractivity contribution in [3.05, 3.63) is 76.3 Å². The van der Waals surface area contributed by atoms with Crippen LogP contribution >= 0.6 is 0 Å². The standard InChI is InChI=1S/C24H22O3.C4H10O/c1-14-8-10-17(11-9-14)22-16(3)23-19-7-5-4-6-18(19)13-27-24(23)15(2)20(22)12-21(25)26;1-4(2,3)5/h4-11H,12-13H2,1-3H3,(H,25,26);5H,1-3H3. The van der Waals surface area contributed by atoms with Crippen molar-refractivity contribution >= 4 is 5.97 Å². The molecule has 0 bridgehead atoms. The number of hydrogen-bond acceptors (Lipinski definition) is 3. The Hall–Kier alpha value is -3.11. The second kappa shape index (κ2) is 9.17. The highest BCUT2D eigenvalue weighted by Crippen LogP contribution is 2.47. The van der Waals surface area contributed by atoms with E-state index in [2.05, 4.69) is 50.2 Å². The molecule has 0 spiro atoms. The zero-order valence-corrected chi connectivity index (χ0v) is 19.7. The molecule has 0 aliphatic carbocycles. The summed E-state index contributed by atoms with van der Waals surface area (Å²) in [6.07, 6.45) is -0.0197. The second-order valence-corrected chi connectivity index (χ2v) is 9.36. The predicted molar refractivity (Wildman–Crippen MR) is 129 cm³/mol. The number of ether oxygens (including phenoxy) is 1. The van der Waals surface area contributed by atoms with Crippen molar-refractivity contribution < 1.29 is 19.7 Å². The van der Waals surface area contributed by atoms with Crippen LogP contribution in [-0.4, -0.2) is 21.8 Å². The smallest absolute Gasteiger partial charge is 0.307 e. The van der Waals surface area contributed by atoms with E-state index < -0.39 is 11.6 Å².